The van der Waals surface area contributed by atoms with E-state index in [1.807, 2.05) is 0 Å². The largest absolute Gasteiger partial charge is 0.547 e. The summed E-state index contributed by atoms with van der Waals surface area (Å²) >= 11 is 0. The lowest BCUT2D eigenvalue weighted by molar-refractivity contribution is -0.326. The third-order valence-electron chi connectivity index (χ3n) is 1.99. The van der Waals surface area contributed by atoms with Gasteiger partial charge in [-0.15, -0.1) is 0 Å². The predicted molar refractivity (Wildman–Crippen MR) is 52.3 cm³/mol. The van der Waals surface area contributed by atoms with Gasteiger partial charge in [-0.1, -0.05) is 0 Å². The number of hydrogen-bond acceptors (Lipinski definition) is 6. The van der Waals surface area contributed by atoms with Crippen molar-refractivity contribution >= 4 is 11.9 Å². The smallest absolute Gasteiger partial charge is 0.309 e. The molecule has 0 aromatic rings. The van der Waals surface area contributed by atoms with Crippen molar-refractivity contribution in [2.75, 3.05) is 19.8 Å². The second-order valence-electron chi connectivity index (χ2n) is 3.25. The zero-order valence-corrected chi connectivity index (χ0v) is 9.52. The van der Waals surface area contributed by atoms with Gasteiger partial charge in [0.15, 0.2) is 0 Å². The number of aliphatic hydroxyl groups is 1. The van der Waals surface area contributed by atoms with Crippen LogP contribution >= 0.6 is 0 Å². The minimum absolute atomic E-state index is 0.0420. The standard InChI is InChI=1S/C10H18O6/c1-3-15-6-5-10(14,9(12)13)7-8(11)16-4-2/h14H,3-7H2,1-2H3,(H,12,13)/p-1/t10-/m0/s1. The fourth-order valence-electron chi connectivity index (χ4n) is 1.10. The zero-order chi connectivity index (χ0) is 12.6. The maximum Gasteiger partial charge on any atom is 0.309 e. The van der Waals surface area contributed by atoms with Crippen LogP contribution < -0.4 is 5.11 Å². The molecule has 1 N–H and O–H groups in total. The number of aliphatic carboxylic acids is 1. The van der Waals surface area contributed by atoms with Gasteiger partial charge >= 0.3 is 5.97 Å². The zero-order valence-electron chi connectivity index (χ0n) is 9.52. The number of carboxylic acids is 1. The average Bonchev–Trinajstić information content (AvgIpc) is 2.18. The van der Waals surface area contributed by atoms with Gasteiger partial charge in [-0.25, -0.2) is 0 Å². The molecule has 16 heavy (non-hydrogen) atoms. The van der Waals surface area contributed by atoms with Crippen LogP contribution in [0.3, 0.4) is 0 Å². The molecule has 0 aliphatic rings. The van der Waals surface area contributed by atoms with Crippen LogP contribution in [0.4, 0.5) is 0 Å². The second-order valence-corrected chi connectivity index (χ2v) is 3.25. The molecule has 0 saturated carbocycles. The fourth-order valence-corrected chi connectivity index (χ4v) is 1.10. The van der Waals surface area contributed by atoms with Crippen molar-refractivity contribution in [3.63, 3.8) is 0 Å². The highest BCUT2D eigenvalue weighted by atomic mass is 16.5. The summed E-state index contributed by atoms with van der Waals surface area (Å²) in [4.78, 5) is 21.8. The van der Waals surface area contributed by atoms with Gasteiger partial charge in [0.2, 0.25) is 0 Å². The highest BCUT2D eigenvalue weighted by Gasteiger charge is 2.32. The molecule has 0 fully saturated rings. The topological polar surface area (TPSA) is 95.9 Å². The minimum atomic E-state index is -2.22. The third-order valence-corrected chi connectivity index (χ3v) is 1.99. The van der Waals surface area contributed by atoms with Gasteiger partial charge in [0.25, 0.3) is 0 Å². The van der Waals surface area contributed by atoms with Gasteiger partial charge in [-0.2, -0.15) is 0 Å². The molecule has 0 saturated heterocycles. The van der Waals surface area contributed by atoms with Crippen molar-refractivity contribution in [2.24, 2.45) is 0 Å². The predicted octanol–water partition coefficient (Wildman–Crippen LogP) is -1.15. The molecule has 0 rings (SSSR count). The molecule has 6 nitrogen and oxygen atoms in total. The minimum Gasteiger partial charge on any atom is -0.547 e. The fraction of sp³-hybridized carbons (Fsp3) is 0.800. The second kappa shape index (κ2) is 7.19. The van der Waals surface area contributed by atoms with Crippen LogP contribution in [0.5, 0.6) is 0 Å². The van der Waals surface area contributed by atoms with Crippen LogP contribution in [-0.2, 0) is 19.1 Å². The number of rotatable bonds is 8. The summed E-state index contributed by atoms with van der Waals surface area (Å²) in [6.45, 7) is 3.91. The Hall–Kier alpha value is -1.14. The molecule has 0 bridgehead atoms. The number of ether oxygens (including phenoxy) is 2. The molecule has 0 spiro atoms. The van der Waals surface area contributed by atoms with Gasteiger partial charge in [0, 0.05) is 19.6 Å². The molecule has 94 valence electrons. The van der Waals surface area contributed by atoms with Crippen LogP contribution in [0.25, 0.3) is 0 Å². The van der Waals surface area contributed by atoms with Crippen molar-refractivity contribution in [3.8, 4) is 0 Å². The van der Waals surface area contributed by atoms with E-state index in [1.54, 1.807) is 13.8 Å². The Kier molecular flexibility index (Phi) is 6.67. The third kappa shape index (κ3) is 5.09. The average molecular weight is 233 g/mol. The van der Waals surface area contributed by atoms with Crippen molar-refractivity contribution < 1.29 is 29.3 Å². The maximum absolute atomic E-state index is 11.1. The Morgan fingerprint density at radius 2 is 1.94 bits per heavy atom. The molecule has 0 radical (unpaired) electrons. The van der Waals surface area contributed by atoms with E-state index in [2.05, 4.69) is 4.74 Å². The highest BCUT2D eigenvalue weighted by molar-refractivity contribution is 5.83. The Balaban J connectivity index is 4.32. The van der Waals surface area contributed by atoms with E-state index in [1.165, 1.54) is 0 Å². The van der Waals surface area contributed by atoms with E-state index < -0.39 is 24.0 Å². The molecule has 0 aliphatic carbocycles. The molecule has 0 aromatic heterocycles. The van der Waals surface area contributed by atoms with Crippen LogP contribution in [0.2, 0.25) is 0 Å². The summed E-state index contributed by atoms with van der Waals surface area (Å²) in [6.07, 6.45) is -0.835. The lowest BCUT2D eigenvalue weighted by Gasteiger charge is -2.27. The van der Waals surface area contributed by atoms with Crippen molar-refractivity contribution in [2.45, 2.75) is 32.3 Å². The number of carbonyl (C=O) groups excluding carboxylic acids is 2. The van der Waals surface area contributed by atoms with Crippen LogP contribution in [0.15, 0.2) is 0 Å². The molecule has 0 unspecified atom stereocenters. The number of esters is 1. The van der Waals surface area contributed by atoms with E-state index in [0.717, 1.165) is 0 Å². The first-order valence-corrected chi connectivity index (χ1v) is 5.13. The van der Waals surface area contributed by atoms with E-state index in [0.29, 0.717) is 6.61 Å². The van der Waals surface area contributed by atoms with Crippen LogP contribution in [0.1, 0.15) is 26.7 Å². The van der Waals surface area contributed by atoms with Crippen molar-refractivity contribution in [3.05, 3.63) is 0 Å². The maximum atomic E-state index is 11.1. The molecule has 0 aromatic carbocycles. The first-order valence-electron chi connectivity index (χ1n) is 5.13. The Morgan fingerprint density at radius 1 is 1.31 bits per heavy atom. The van der Waals surface area contributed by atoms with E-state index in [-0.39, 0.29) is 19.6 Å². The molecular weight excluding hydrogens is 216 g/mol. The van der Waals surface area contributed by atoms with Gasteiger partial charge in [0.05, 0.1) is 19.0 Å². The first-order chi connectivity index (χ1) is 7.46. The Labute approximate surface area is 94.2 Å². The Morgan fingerprint density at radius 3 is 2.38 bits per heavy atom. The number of carbonyl (C=O) groups is 2. The van der Waals surface area contributed by atoms with E-state index >= 15 is 0 Å². The van der Waals surface area contributed by atoms with Gasteiger partial charge in [0.1, 0.15) is 5.60 Å². The molecule has 0 heterocycles. The molecule has 1 atom stereocenters. The SMILES string of the molecule is CCOCC[C@](O)(CC(=O)OCC)C(=O)[O-]. The summed E-state index contributed by atoms with van der Waals surface area (Å²) in [5.74, 6) is -2.47. The lowest BCUT2D eigenvalue weighted by atomic mass is 9.96. The van der Waals surface area contributed by atoms with E-state index in [4.69, 9.17) is 4.74 Å². The van der Waals surface area contributed by atoms with Gasteiger partial charge in [-0.05, 0) is 13.8 Å². The van der Waals surface area contributed by atoms with E-state index in [9.17, 15) is 19.8 Å². The summed E-state index contributed by atoms with van der Waals surface area (Å²) in [5, 5.41) is 20.4. The van der Waals surface area contributed by atoms with Crippen LogP contribution in [0, 0.1) is 0 Å². The molecule has 6 heteroatoms. The quantitative estimate of drug-likeness (QED) is 0.420. The summed E-state index contributed by atoms with van der Waals surface area (Å²) in [5.41, 5.74) is -2.22. The first kappa shape index (κ1) is 14.9. The summed E-state index contributed by atoms with van der Waals surface area (Å²) in [7, 11) is 0. The normalized spacial score (nSPS) is 14.2. The summed E-state index contributed by atoms with van der Waals surface area (Å²) < 4.78 is 9.48. The number of carboxylic acid groups (broad SMARTS) is 1. The Bertz CT molecular complexity index is 239. The van der Waals surface area contributed by atoms with Gasteiger partial charge < -0.3 is 24.5 Å². The summed E-state index contributed by atoms with van der Waals surface area (Å²) in [6, 6.07) is 0. The molecular formula is C10H17O6-. The lowest BCUT2D eigenvalue weighted by Crippen LogP contribution is -2.50. The van der Waals surface area contributed by atoms with Gasteiger partial charge in [-0.3, -0.25) is 4.79 Å². The molecule has 0 aliphatic heterocycles. The number of hydrogen-bond donors (Lipinski definition) is 1. The monoisotopic (exact) mass is 233 g/mol. The van der Waals surface area contributed by atoms with Crippen LogP contribution in [-0.4, -0.2) is 42.5 Å². The highest BCUT2D eigenvalue weighted by Crippen LogP contribution is 2.15. The molecule has 0 amide bonds. The van der Waals surface area contributed by atoms with Crippen molar-refractivity contribution in [1.29, 1.82) is 0 Å². The van der Waals surface area contributed by atoms with Crippen molar-refractivity contribution in [1.82, 2.24) is 0 Å².